The lowest BCUT2D eigenvalue weighted by atomic mass is 10.0. The van der Waals surface area contributed by atoms with Gasteiger partial charge in [-0.15, -0.1) is 0 Å². The van der Waals surface area contributed by atoms with Gasteiger partial charge < -0.3 is 14.6 Å². The van der Waals surface area contributed by atoms with Crippen molar-refractivity contribution < 1.29 is 29.1 Å². The second kappa shape index (κ2) is 7.22. The Bertz CT molecular complexity index is 514. The van der Waals surface area contributed by atoms with E-state index in [4.69, 9.17) is 14.6 Å². The molecule has 20 heavy (non-hydrogen) atoms. The maximum atomic E-state index is 10.9. The summed E-state index contributed by atoms with van der Waals surface area (Å²) in [6.07, 6.45) is 1.66. The molecule has 0 aromatic carbocycles. The molecule has 0 aliphatic heterocycles. The quantitative estimate of drug-likeness (QED) is 0.316. The molecule has 1 aliphatic carbocycles. The van der Waals surface area contributed by atoms with Crippen LogP contribution in [0.5, 0.6) is 0 Å². The zero-order chi connectivity index (χ0) is 15.1. The molecule has 0 aromatic rings. The molecule has 108 valence electrons. The molecule has 1 rings (SSSR count). The molecule has 8 heteroatoms. The topological polar surface area (TPSA) is 116 Å². The van der Waals surface area contributed by atoms with E-state index in [2.05, 4.69) is 0 Å². The average Bonchev–Trinajstić information content (AvgIpc) is 2.41. The van der Waals surface area contributed by atoms with Crippen molar-refractivity contribution in [2.75, 3.05) is 13.7 Å². The number of methoxy groups -OCH3 is 1. The van der Waals surface area contributed by atoms with E-state index in [1.807, 2.05) is 0 Å². The number of hydrogen-bond donors (Lipinski definition) is 1. The first-order valence-corrected chi connectivity index (χ1v) is 5.70. The SMILES string of the molecule is COC1C(=C=O)C([N+](=O)[O-])=CC=C1OCCCC(=O)O. The molecule has 0 radical (unpaired) electrons. The first-order chi connectivity index (χ1) is 9.51. The van der Waals surface area contributed by atoms with Gasteiger partial charge in [0.25, 0.3) is 5.70 Å². The monoisotopic (exact) mass is 283 g/mol. The van der Waals surface area contributed by atoms with Crippen molar-refractivity contribution in [1.29, 1.82) is 0 Å². The van der Waals surface area contributed by atoms with Crippen LogP contribution in [-0.4, -0.2) is 41.8 Å². The van der Waals surface area contributed by atoms with Crippen LogP contribution < -0.4 is 0 Å². The highest BCUT2D eigenvalue weighted by molar-refractivity contribution is 5.66. The van der Waals surface area contributed by atoms with Crippen molar-refractivity contribution in [2.45, 2.75) is 18.9 Å². The number of carboxylic acids is 1. The molecule has 0 spiro atoms. The Kier molecular flexibility index (Phi) is 5.64. The number of carboxylic acid groups (broad SMARTS) is 1. The molecule has 0 fully saturated rings. The van der Waals surface area contributed by atoms with Crippen LogP contribution in [0.4, 0.5) is 0 Å². The van der Waals surface area contributed by atoms with E-state index in [0.29, 0.717) is 0 Å². The predicted molar refractivity (Wildman–Crippen MR) is 66.0 cm³/mol. The first-order valence-electron chi connectivity index (χ1n) is 5.70. The van der Waals surface area contributed by atoms with Gasteiger partial charge >= 0.3 is 5.97 Å². The van der Waals surface area contributed by atoms with Crippen molar-refractivity contribution in [3.63, 3.8) is 0 Å². The van der Waals surface area contributed by atoms with Gasteiger partial charge in [0, 0.05) is 19.6 Å². The van der Waals surface area contributed by atoms with Crippen LogP contribution in [0.2, 0.25) is 0 Å². The zero-order valence-corrected chi connectivity index (χ0v) is 10.7. The number of carbonyl (C=O) groups excluding carboxylic acids is 1. The number of ether oxygens (including phenoxy) is 2. The highest BCUT2D eigenvalue weighted by Gasteiger charge is 2.34. The third-order valence-corrected chi connectivity index (χ3v) is 2.55. The lowest BCUT2D eigenvalue weighted by molar-refractivity contribution is -0.421. The summed E-state index contributed by atoms with van der Waals surface area (Å²) in [7, 11) is 1.28. The van der Waals surface area contributed by atoms with Gasteiger partial charge in [-0.1, -0.05) is 0 Å². The maximum absolute atomic E-state index is 10.9. The summed E-state index contributed by atoms with van der Waals surface area (Å²) in [5.74, 6) is 0.756. The number of allylic oxidation sites excluding steroid dienone is 2. The molecular weight excluding hydrogens is 270 g/mol. The second-order valence-electron chi connectivity index (χ2n) is 3.86. The number of aliphatic carboxylic acids is 1. The molecule has 0 aromatic heterocycles. The van der Waals surface area contributed by atoms with Gasteiger partial charge in [-0.3, -0.25) is 14.9 Å². The average molecular weight is 283 g/mol. The van der Waals surface area contributed by atoms with Gasteiger partial charge in [-0.25, -0.2) is 4.79 Å². The fourth-order valence-electron chi connectivity index (χ4n) is 1.65. The zero-order valence-electron chi connectivity index (χ0n) is 10.7. The fourth-order valence-corrected chi connectivity index (χ4v) is 1.65. The smallest absolute Gasteiger partial charge is 0.303 e. The summed E-state index contributed by atoms with van der Waals surface area (Å²) in [5.41, 5.74) is -0.655. The van der Waals surface area contributed by atoms with Crippen LogP contribution in [0.1, 0.15) is 12.8 Å². The first kappa shape index (κ1) is 15.6. The van der Waals surface area contributed by atoms with E-state index < -0.39 is 22.7 Å². The summed E-state index contributed by atoms with van der Waals surface area (Å²) < 4.78 is 10.3. The summed E-state index contributed by atoms with van der Waals surface area (Å²) in [6, 6.07) is 0. The van der Waals surface area contributed by atoms with E-state index in [9.17, 15) is 19.7 Å². The Morgan fingerprint density at radius 1 is 1.55 bits per heavy atom. The molecule has 1 atom stereocenters. The number of hydrogen-bond acceptors (Lipinski definition) is 6. The van der Waals surface area contributed by atoms with E-state index in [1.165, 1.54) is 19.1 Å². The molecular formula is C12H13NO7. The summed E-state index contributed by atoms with van der Waals surface area (Å²) in [4.78, 5) is 31.3. The van der Waals surface area contributed by atoms with Crippen LogP contribution in [0, 0.1) is 10.1 Å². The van der Waals surface area contributed by atoms with E-state index in [1.54, 1.807) is 0 Å². The molecule has 0 amide bonds. The van der Waals surface area contributed by atoms with Gasteiger partial charge in [0.1, 0.15) is 17.3 Å². The number of carbonyl (C=O) groups is 1. The normalized spacial score (nSPS) is 17.9. The Hall–Kier alpha value is -2.44. The van der Waals surface area contributed by atoms with Crippen molar-refractivity contribution in [3.05, 3.63) is 39.3 Å². The van der Waals surface area contributed by atoms with Crippen LogP contribution >= 0.6 is 0 Å². The lowest BCUT2D eigenvalue weighted by Crippen LogP contribution is -2.26. The van der Waals surface area contributed by atoms with E-state index in [-0.39, 0.29) is 30.8 Å². The summed E-state index contributed by atoms with van der Waals surface area (Å²) >= 11 is 0. The molecule has 0 heterocycles. The highest BCUT2D eigenvalue weighted by Crippen LogP contribution is 2.26. The van der Waals surface area contributed by atoms with Crippen molar-refractivity contribution in [2.24, 2.45) is 0 Å². The Morgan fingerprint density at radius 2 is 2.25 bits per heavy atom. The van der Waals surface area contributed by atoms with Gasteiger partial charge in [0.2, 0.25) is 0 Å². The lowest BCUT2D eigenvalue weighted by Gasteiger charge is -2.21. The minimum absolute atomic E-state index is 0.0582. The molecule has 0 saturated heterocycles. The minimum atomic E-state index is -1.01. The van der Waals surface area contributed by atoms with Crippen LogP contribution in [0.25, 0.3) is 0 Å². The Balaban J connectivity index is 2.81. The molecule has 1 N–H and O–H groups in total. The highest BCUT2D eigenvalue weighted by atomic mass is 16.6. The van der Waals surface area contributed by atoms with Crippen LogP contribution in [0.3, 0.4) is 0 Å². The predicted octanol–water partition coefficient (Wildman–Crippen LogP) is 0.699. The Morgan fingerprint density at radius 3 is 2.75 bits per heavy atom. The third kappa shape index (κ3) is 3.78. The minimum Gasteiger partial charge on any atom is -0.495 e. The number of rotatable bonds is 7. The van der Waals surface area contributed by atoms with Crippen LogP contribution in [-0.2, 0) is 19.1 Å². The fraction of sp³-hybridized carbons (Fsp3) is 0.417. The largest absolute Gasteiger partial charge is 0.495 e. The summed E-state index contributed by atoms with van der Waals surface area (Å²) in [5, 5.41) is 19.3. The molecule has 0 bridgehead atoms. The molecule has 8 nitrogen and oxygen atoms in total. The number of nitro groups is 1. The third-order valence-electron chi connectivity index (χ3n) is 2.55. The van der Waals surface area contributed by atoms with E-state index >= 15 is 0 Å². The van der Waals surface area contributed by atoms with E-state index in [0.717, 1.165) is 6.08 Å². The van der Waals surface area contributed by atoms with Gasteiger partial charge in [0.15, 0.2) is 6.10 Å². The summed E-state index contributed by atoms with van der Waals surface area (Å²) in [6.45, 7) is 0.103. The van der Waals surface area contributed by atoms with Gasteiger partial charge in [0.05, 0.1) is 11.5 Å². The molecule has 1 unspecified atom stereocenters. The van der Waals surface area contributed by atoms with Gasteiger partial charge in [-0.05, 0) is 12.5 Å². The molecule has 1 aliphatic rings. The number of nitrogens with zero attached hydrogens (tertiary/aromatic N) is 1. The Labute approximate surface area is 114 Å². The second-order valence-corrected chi connectivity index (χ2v) is 3.86. The van der Waals surface area contributed by atoms with Crippen molar-refractivity contribution >= 4 is 11.9 Å². The van der Waals surface area contributed by atoms with Crippen molar-refractivity contribution in [1.82, 2.24) is 0 Å². The van der Waals surface area contributed by atoms with Crippen molar-refractivity contribution in [3.8, 4) is 0 Å². The maximum Gasteiger partial charge on any atom is 0.303 e. The molecule has 0 saturated carbocycles. The van der Waals surface area contributed by atoms with Crippen LogP contribution in [0.15, 0.2) is 29.2 Å². The standard InChI is InChI=1S/C12H13NO7/c1-19-12-8(7-14)9(13(17)18)4-5-10(12)20-6-2-3-11(15)16/h4-5,12H,2-3,6H2,1H3,(H,15,16). The van der Waals surface area contributed by atoms with Gasteiger partial charge in [-0.2, -0.15) is 0 Å².